The minimum Gasteiger partial charge on any atom is -0.439 e. The molecule has 3 aromatic rings. The average molecular weight is 495 g/mol. The molecule has 7 heteroatoms. The van der Waals surface area contributed by atoms with Gasteiger partial charge in [-0.1, -0.05) is 42.3 Å². The van der Waals surface area contributed by atoms with Gasteiger partial charge in [0.15, 0.2) is 0 Å². The van der Waals surface area contributed by atoms with E-state index in [1.165, 1.54) is 0 Å². The van der Waals surface area contributed by atoms with Gasteiger partial charge in [0.25, 0.3) is 5.91 Å². The molecular formula is C30H30N4O3. The van der Waals surface area contributed by atoms with Crippen molar-refractivity contribution in [2.24, 2.45) is 5.10 Å². The number of morpholine rings is 1. The Kier molecular flexibility index (Phi) is 8.69. The van der Waals surface area contributed by atoms with Crippen molar-refractivity contribution in [2.45, 2.75) is 13.8 Å². The minimum atomic E-state index is 0.0291. The molecule has 1 fully saturated rings. The molecule has 0 unspecified atom stereocenters. The number of hydrazone groups is 1. The van der Waals surface area contributed by atoms with E-state index in [1.807, 2.05) is 98.6 Å². The third kappa shape index (κ3) is 7.06. The van der Waals surface area contributed by atoms with Gasteiger partial charge in [0, 0.05) is 43.5 Å². The van der Waals surface area contributed by atoms with Crippen LogP contribution in [-0.4, -0.2) is 59.9 Å². The number of pyridine rings is 1. The molecule has 1 aliphatic heterocycles. The lowest BCUT2D eigenvalue weighted by atomic mass is 10.1. The van der Waals surface area contributed by atoms with Gasteiger partial charge in [0.1, 0.15) is 11.4 Å². The van der Waals surface area contributed by atoms with E-state index in [4.69, 9.17) is 14.6 Å². The molecule has 2 heterocycles. The Morgan fingerprint density at radius 2 is 1.78 bits per heavy atom. The molecule has 1 saturated heterocycles. The van der Waals surface area contributed by atoms with Crippen LogP contribution in [0.3, 0.4) is 0 Å². The van der Waals surface area contributed by atoms with Gasteiger partial charge >= 0.3 is 0 Å². The van der Waals surface area contributed by atoms with Crippen LogP contribution in [-0.2, 0) is 4.74 Å². The van der Waals surface area contributed by atoms with Crippen LogP contribution in [0.4, 0.5) is 0 Å². The fourth-order valence-electron chi connectivity index (χ4n) is 3.77. The maximum Gasteiger partial charge on any atom is 0.254 e. The van der Waals surface area contributed by atoms with Crippen LogP contribution >= 0.6 is 0 Å². The average Bonchev–Trinajstić information content (AvgIpc) is 2.94. The molecule has 7 nitrogen and oxygen atoms in total. The van der Waals surface area contributed by atoms with Crippen molar-refractivity contribution in [2.75, 3.05) is 33.4 Å². The van der Waals surface area contributed by atoms with Gasteiger partial charge in [-0.2, -0.15) is 5.10 Å². The molecule has 0 atom stereocenters. The third-order valence-corrected chi connectivity index (χ3v) is 5.81. The number of rotatable bonds is 6. The lowest BCUT2D eigenvalue weighted by Crippen LogP contribution is -2.40. The largest absolute Gasteiger partial charge is 0.439 e. The molecule has 0 N–H and O–H groups in total. The van der Waals surface area contributed by atoms with Gasteiger partial charge in [-0.3, -0.25) is 9.80 Å². The van der Waals surface area contributed by atoms with E-state index in [9.17, 15) is 4.79 Å². The first-order valence-electron chi connectivity index (χ1n) is 12.2. The Bertz CT molecular complexity index is 1330. The number of ether oxygens (including phenoxy) is 2. The molecular weight excluding hydrogens is 464 g/mol. The van der Waals surface area contributed by atoms with Gasteiger partial charge in [-0.05, 0) is 55.7 Å². The van der Waals surface area contributed by atoms with Crippen LogP contribution in [0.25, 0.3) is 0 Å². The molecule has 188 valence electrons. The molecule has 0 saturated carbocycles. The number of hydrogen-bond acceptors (Lipinski definition) is 6. The van der Waals surface area contributed by atoms with E-state index in [2.05, 4.69) is 16.8 Å². The second-order valence-corrected chi connectivity index (χ2v) is 8.41. The number of carbonyl (C=O) groups is 1. The predicted molar refractivity (Wildman–Crippen MR) is 145 cm³/mol. The lowest BCUT2D eigenvalue weighted by molar-refractivity contribution is 0.0303. The lowest BCUT2D eigenvalue weighted by Gasteiger charge is -2.26. The smallest absolute Gasteiger partial charge is 0.254 e. The van der Waals surface area contributed by atoms with Gasteiger partial charge in [-0.25, -0.2) is 4.98 Å². The van der Waals surface area contributed by atoms with Crippen LogP contribution in [0.1, 0.15) is 35.3 Å². The van der Waals surface area contributed by atoms with Crippen molar-refractivity contribution in [1.82, 2.24) is 14.9 Å². The number of hydrogen-bond donors (Lipinski definition) is 0. The summed E-state index contributed by atoms with van der Waals surface area (Å²) in [6, 6.07) is 20.7. The molecule has 2 aromatic carbocycles. The molecule has 0 spiro atoms. The zero-order valence-corrected chi connectivity index (χ0v) is 21.3. The number of allylic oxidation sites excluding steroid dienone is 2. The van der Waals surface area contributed by atoms with Crippen molar-refractivity contribution in [3.05, 3.63) is 101 Å². The maximum atomic E-state index is 12.7. The van der Waals surface area contributed by atoms with Crippen molar-refractivity contribution in [3.8, 4) is 23.5 Å². The normalized spacial score (nSPS) is 14.0. The summed E-state index contributed by atoms with van der Waals surface area (Å²) < 4.78 is 11.1. The van der Waals surface area contributed by atoms with Gasteiger partial charge < -0.3 is 14.4 Å². The van der Waals surface area contributed by atoms with E-state index in [1.54, 1.807) is 11.2 Å². The summed E-state index contributed by atoms with van der Waals surface area (Å²) >= 11 is 0. The summed E-state index contributed by atoms with van der Waals surface area (Å²) in [5, 5.41) is 6.45. The first-order chi connectivity index (χ1) is 18.0. The topological polar surface area (TPSA) is 67.3 Å². The number of carbonyl (C=O) groups excluding carboxylic acids is 1. The predicted octanol–water partition coefficient (Wildman–Crippen LogP) is 4.96. The Labute approximate surface area is 218 Å². The highest BCUT2D eigenvalue weighted by atomic mass is 16.5. The second kappa shape index (κ2) is 12.5. The fraction of sp³-hybridized carbons (Fsp3) is 0.233. The minimum absolute atomic E-state index is 0.0291. The summed E-state index contributed by atoms with van der Waals surface area (Å²) in [5.41, 5.74) is 3.96. The molecule has 1 amide bonds. The second-order valence-electron chi connectivity index (χ2n) is 8.41. The number of aromatic nitrogens is 1. The molecule has 0 bridgehead atoms. The first kappa shape index (κ1) is 25.7. The summed E-state index contributed by atoms with van der Waals surface area (Å²) in [7, 11) is 1.86. The van der Waals surface area contributed by atoms with Crippen LogP contribution < -0.4 is 4.74 Å². The highest BCUT2D eigenvalue weighted by Crippen LogP contribution is 2.19. The highest BCUT2D eigenvalue weighted by molar-refractivity contribution is 6.00. The number of para-hydroxylation sites is 1. The van der Waals surface area contributed by atoms with Gasteiger partial charge in [0.05, 0.1) is 18.9 Å². The summed E-state index contributed by atoms with van der Waals surface area (Å²) in [6.07, 6.45) is 3.59. The number of benzene rings is 2. The Balaban J connectivity index is 1.42. The van der Waals surface area contributed by atoms with E-state index in [0.29, 0.717) is 37.7 Å². The molecule has 4 rings (SSSR count). The van der Waals surface area contributed by atoms with Gasteiger partial charge in [0.2, 0.25) is 5.88 Å². The van der Waals surface area contributed by atoms with Crippen molar-refractivity contribution in [1.29, 1.82) is 0 Å². The van der Waals surface area contributed by atoms with E-state index in [-0.39, 0.29) is 5.91 Å². The van der Waals surface area contributed by atoms with E-state index < -0.39 is 0 Å². The molecule has 0 aliphatic carbocycles. The van der Waals surface area contributed by atoms with Crippen molar-refractivity contribution < 1.29 is 14.3 Å². The van der Waals surface area contributed by atoms with E-state index >= 15 is 0 Å². The van der Waals surface area contributed by atoms with Crippen LogP contribution in [0.15, 0.2) is 89.8 Å². The Morgan fingerprint density at radius 3 is 2.49 bits per heavy atom. The van der Waals surface area contributed by atoms with E-state index in [0.717, 1.165) is 28.3 Å². The maximum absolute atomic E-state index is 12.7. The van der Waals surface area contributed by atoms with Gasteiger partial charge in [-0.15, -0.1) is 0 Å². The first-order valence-corrected chi connectivity index (χ1v) is 12.2. The molecule has 0 radical (unpaired) electrons. The Morgan fingerprint density at radius 1 is 1.08 bits per heavy atom. The van der Waals surface area contributed by atoms with Crippen LogP contribution in [0.5, 0.6) is 11.6 Å². The molecule has 37 heavy (non-hydrogen) atoms. The zero-order chi connectivity index (χ0) is 26.0. The number of nitrogens with zero attached hydrogens (tertiary/aromatic N) is 4. The fourth-order valence-corrected chi connectivity index (χ4v) is 3.77. The quantitative estimate of drug-likeness (QED) is 0.275. The Hall–Kier alpha value is -4.41. The van der Waals surface area contributed by atoms with Crippen molar-refractivity contribution >= 4 is 11.6 Å². The van der Waals surface area contributed by atoms with Crippen molar-refractivity contribution in [3.63, 3.8) is 0 Å². The zero-order valence-electron chi connectivity index (χ0n) is 21.3. The highest BCUT2D eigenvalue weighted by Gasteiger charge is 2.18. The monoisotopic (exact) mass is 494 g/mol. The van der Waals surface area contributed by atoms with Crippen LogP contribution in [0.2, 0.25) is 0 Å². The summed E-state index contributed by atoms with van der Waals surface area (Å²) in [6.45, 7) is 6.28. The van der Waals surface area contributed by atoms with Crippen LogP contribution in [0, 0.1) is 11.8 Å². The standard InChI is InChI=1S/C30H30N4O3/c1-4-27(15-10-24-16-17-31-29(22-24)37-28-8-6-5-7-9-28)33(3)32-23(2)25-11-13-26(14-12-25)30(35)34-18-20-36-21-19-34/h4-9,11-14,16-17,22H,18-21H2,1-3H3/b27-4-,32-23+. The molecule has 1 aliphatic rings. The summed E-state index contributed by atoms with van der Waals surface area (Å²) in [5.74, 6) is 7.58. The summed E-state index contributed by atoms with van der Waals surface area (Å²) in [4.78, 5) is 18.8. The SMILES string of the molecule is C/C=C(/C#Cc1ccnc(Oc2ccccc2)c1)N(C)/N=C(\C)c1ccc(C(=O)N2CCOCC2)cc1. The number of amides is 1. The third-order valence-electron chi connectivity index (χ3n) is 5.81. The molecule has 1 aromatic heterocycles.